The van der Waals surface area contributed by atoms with Crippen LogP contribution in [-0.4, -0.2) is 25.5 Å². The van der Waals surface area contributed by atoms with Gasteiger partial charge in [-0.1, -0.05) is 0 Å². The van der Waals surface area contributed by atoms with Gasteiger partial charge in [-0.2, -0.15) is 0 Å². The summed E-state index contributed by atoms with van der Waals surface area (Å²) >= 11 is 0. The Kier molecular flexibility index (Phi) is 3.87. The number of anilines is 2. The van der Waals surface area contributed by atoms with Crippen molar-refractivity contribution in [1.29, 1.82) is 0 Å². The fraction of sp³-hybridized carbons (Fsp3) is 0.500. The van der Waals surface area contributed by atoms with Gasteiger partial charge in [-0.3, -0.25) is 4.79 Å². The maximum Gasteiger partial charge on any atom is 0.227 e. The SMILES string of the molecule is CNc1ccc2c(c1)CCC(=O)N2CCC(C)N. The number of aryl methyl sites for hydroxylation is 1. The van der Waals surface area contributed by atoms with Crippen molar-refractivity contribution in [1.82, 2.24) is 0 Å². The average molecular weight is 247 g/mol. The van der Waals surface area contributed by atoms with Crippen LogP contribution in [0.3, 0.4) is 0 Å². The minimum atomic E-state index is 0.125. The molecule has 0 spiro atoms. The van der Waals surface area contributed by atoms with Crippen molar-refractivity contribution >= 4 is 17.3 Å². The fourth-order valence-corrected chi connectivity index (χ4v) is 2.29. The van der Waals surface area contributed by atoms with Crippen molar-refractivity contribution in [3.63, 3.8) is 0 Å². The Morgan fingerprint density at radius 2 is 2.22 bits per heavy atom. The zero-order valence-corrected chi connectivity index (χ0v) is 11.1. The molecular weight excluding hydrogens is 226 g/mol. The quantitative estimate of drug-likeness (QED) is 0.852. The Hall–Kier alpha value is -1.55. The van der Waals surface area contributed by atoms with E-state index in [1.807, 2.05) is 31.0 Å². The molecule has 1 aliphatic heterocycles. The molecule has 3 N–H and O–H groups in total. The number of nitrogens with zero attached hydrogens (tertiary/aromatic N) is 1. The van der Waals surface area contributed by atoms with Crippen molar-refractivity contribution in [2.24, 2.45) is 5.73 Å². The zero-order chi connectivity index (χ0) is 13.1. The van der Waals surface area contributed by atoms with Crippen molar-refractivity contribution in [2.75, 3.05) is 23.8 Å². The minimum Gasteiger partial charge on any atom is -0.388 e. The number of carbonyl (C=O) groups is 1. The lowest BCUT2D eigenvalue weighted by atomic mass is 10.00. The number of benzene rings is 1. The second-order valence-electron chi connectivity index (χ2n) is 4.90. The molecule has 1 aromatic rings. The van der Waals surface area contributed by atoms with Crippen LogP contribution >= 0.6 is 0 Å². The third-order valence-electron chi connectivity index (χ3n) is 3.38. The van der Waals surface area contributed by atoms with Crippen LogP contribution < -0.4 is 16.0 Å². The number of fused-ring (bicyclic) bond motifs is 1. The molecule has 2 rings (SSSR count). The molecule has 1 aromatic carbocycles. The largest absolute Gasteiger partial charge is 0.388 e. The van der Waals surface area contributed by atoms with Crippen molar-refractivity contribution < 1.29 is 4.79 Å². The zero-order valence-electron chi connectivity index (χ0n) is 11.1. The summed E-state index contributed by atoms with van der Waals surface area (Å²) in [5, 5.41) is 3.13. The van der Waals surface area contributed by atoms with Crippen molar-refractivity contribution in [3.8, 4) is 0 Å². The standard InChI is InChI=1S/C14H21N3O/c1-10(15)7-8-17-13-5-4-12(16-2)9-11(13)3-6-14(17)18/h4-5,9-10,16H,3,6-8,15H2,1-2H3. The van der Waals surface area contributed by atoms with E-state index in [0.717, 1.165) is 24.2 Å². The predicted molar refractivity (Wildman–Crippen MR) is 74.9 cm³/mol. The second kappa shape index (κ2) is 5.40. The highest BCUT2D eigenvalue weighted by molar-refractivity contribution is 5.96. The smallest absolute Gasteiger partial charge is 0.227 e. The van der Waals surface area contributed by atoms with Gasteiger partial charge in [0, 0.05) is 37.4 Å². The van der Waals surface area contributed by atoms with E-state index < -0.39 is 0 Å². The first-order valence-electron chi connectivity index (χ1n) is 6.48. The third kappa shape index (κ3) is 2.64. The number of carbonyl (C=O) groups excluding carboxylic acids is 1. The Bertz CT molecular complexity index is 443. The number of nitrogens with one attached hydrogen (secondary N) is 1. The molecule has 0 bridgehead atoms. The van der Waals surface area contributed by atoms with E-state index in [4.69, 9.17) is 5.73 Å². The lowest BCUT2D eigenvalue weighted by Gasteiger charge is -2.30. The molecule has 0 aromatic heterocycles. The maximum atomic E-state index is 12.0. The highest BCUT2D eigenvalue weighted by atomic mass is 16.2. The summed E-state index contributed by atoms with van der Waals surface area (Å²) < 4.78 is 0. The molecule has 0 saturated carbocycles. The van der Waals surface area contributed by atoms with Crippen LogP contribution in [0.5, 0.6) is 0 Å². The Balaban J connectivity index is 2.24. The Morgan fingerprint density at radius 3 is 2.89 bits per heavy atom. The summed E-state index contributed by atoms with van der Waals surface area (Å²) in [6, 6.07) is 6.29. The normalized spacial score (nSPS) is 16.4. The highest BCUT2D eigenvalue weighted by Gasteiger charge is 2.23. The van der Waals surface area contributed by atoms with Gasteiger partial charge < -0.3 is 16.0 Å². The lowest BCUT2D eigenvalue weighted by Crippen LogP contribution is -2.37. The average Bonchev–Trinajstić information content (AvgIpc) is 2.36. The molecule has 4 nitrogen and oxygen atoms in total. The second-order valence-corrected chi connectivity index (χ2v) is 4.90. The molecule has 0 fully saturated rings. The van der Waals surface area contributed by atoms with Crippen molar-refractivity contribution in [3.05, 3.63) is 23.8 Å². The summed E-state index contributed by atoms with van der Waals surface area (Å²) in [5.41, 5.74) is 9.15. The molecule has 0 saturated heterocycles. The molecule has 0 aliphatic carbocycles. The van der Waals surface area contributed by atoms with E-state index in [0.29, 0.717) is 13.0 Å². The predicted octanol–water partition coefficient (Wildman–Crippen LogP) is 1.74. The van der Waals surface area contributed by atoms with Gasteiger partial charge in [0.1, 0.15) is 0 Å². The molecular formula is C14H21N3O. The van der Waals surface area contributed by atoms with Gasteiger partial charge in [-0.15, -0.1) is 0 Å². The van der Waals surface area contributed by atoms with E-state index in [1.165, 1.54) is 5.56 Å². The maximum absolute atomic E-state index is 12.0. The summed E-state index contributed by atoms with van der Waals surface area (Å²) in [4.78, 5) is 13.9. The fourth-order valence-electron chi connectivity index (χ4n) is 2.29. The Morgan fingerprint density at radius 1 is 1.44 bits per heavy atom. The van der Waals surface area contributed by atoms with E-state index in [-0.39, 0.29) is 11.9 Å². The molecule has 18 heavy (non-hydrogen) atoms. The molecule has 1 unspecified atom stereocenters. The molecule has 0 radical (unpaired) electrons. The molecule has 1 amide bonds. The van der Waals surface area contributed by atoms with Crippen LogP contribution in [0.2, 0.25) is 0 Å². The van der Waals surface area contributed by atoms with Gasteiger partial charge in [-0.05, 0) is 43.5 Å². The number of hydrogen-bond acceptors (Lipinski definition) is 3. The van der Waals surface area contributed by atoms with Gasteiger partial charge >= 0.3 is 0 Å². The number of rotatable bonds is 4. The Labute approximate surface area is 108 Å². The first-order valence-corrected chi connectivity index (χ1v) is 6.48. The van der Waals surface area contributed by atoms with Crippen LogP contribution in [-0.2, 0) is 11.2 Å². The van der Waals surface area contributed by atoms with Crippen LogP contribution in [0, 0.1) is 0 Å². The summed E-state index contributed by atoms with van der Waals surface area (Å²) in [5.74, 6) is 0.209. The summed E-state index contributed by atoms with van der Waals surface area (Å²) in [6.07, 6.45) is 2.26. The van der Waals surface area contributed by atoms with Gasteiger partial charge in [0.15, 0.2) is 0 Å². The summed E-state index contributed by atoms with van der Waals surface area (Å²) in [6.45, 7) is 2.68. The number of hydrogen-bond donors (Lipinski definition) is 2. The monoisotopic (exact) mass is 247 g/mol. The van der Waals surface area contributed by atoms with Crippen LogP contribution in [0.4, 0.5) is 11.4 Å². The molecule has 98 valence electrons. The van der Waals surface area contributed by atoms with E-state index in [1.54, 1.807) is 0 Å². The van der Waals surface area contributed by atoms with E-state index >= 15 is 0 Å². The highest BCUT2D eigenvalue weighted by Crippen LogP contribution is 2.30. The number of nitrogens with two attached hydrogens (primary N) is 1. The van der Waals surface area contributed by atoms with Gasteiger partial charge in [0.05, 0.1) is 0 Å². The third-order valence-corrected chi connectivity index (χ3v) is 3.38. The molecule has 4 heteroatoms. The van der Waals surface area contributed by atoms with Crippen LogP contribution in [0.15, 0.2) is 18.2 Å². The summed E-state index contributed by atoms with van der Waals surface area (Å²) in [7, 11) is 1.91. The number of amides is 1. The van der Waals surface area contributed by atoms with Crippen molar-refractivity contribution in [2.45, 2.75) is 32.2 Å². The van der Waals surface area contributed by atoms with Crippen LogP contribution in [0.25, 0.3) is 0 Å². The first-order chi connectivity index (χ1) is 8.61. The van der Waals surface area contributed by atoms with E-state index in [9.17, 15) is 4.79 Å². The van der Waals surface area contributed by atoms with Gasteiger partial charge in [0.2, 0.25) is 5.91 Å². The molecule has 1 aliphatic rings. The van der Waals surface area contributed by atoms with Gasteiger partial charge in [0.25, 0.3) is 0 Å². The molecule has 1 heterocycles. The molecule has 1 atom stereocenters. The van der Waals surface area contributed by atoms with Gasteiger partial charge in [-0.25, -0.2) is 0 Å². The topological polar surface area (TPSA) is 58.4 Å². The first kappa shape index (κ1) is 12.9. The van der Waals surface area contributed by atoms with Crippen LogP contribution in [0.1, 0.15) is 25.3 Å². The minimum absolute atomic E-state index is 0.125. The van der Waals surface area contributed by atoms with E-state index in [2.05, 4.69) is 11.4 Å². The lowest BCUT2D eigenvalue weighted by molar-refractivity contribution is -0.118.